The van der Waals surface area contributed by atoms with Crippen molar-refractivity contribution < 1.29 is 4.79 Å². The Labute approximate surface area is 180 Å². The highest BCUT2D eigenvalue weighted by molar-refractivity contribution is 5.92. The van der Waals surface area contributed by atoms with E-state index in [1.54, 1.807) is 16.9 Å². The molecule has 4 aromatic rings. The molecule has 3 heterocycles. The molecule has 0 aliphatic carbocycles. The van der Waals surface area contributed by atoms with E-state index in [2.05, 4.69) is 15.0 Å². The number of hydrogen-bond acceptors (Lipinski definition) is 5. The molecule has 7 heteroatoms. The van der Waals surface area contributed by atoms with Gasteiger partial charge >= 0.3 is 0 Å². The molecule has 0 unspecified atom stereocenters. The summed E-state index contributed by atoms with van der Waals surface area (Å²) in [6.45, 7) is 2.69. The van der Waals surface area contributed by atoms with E-state index in [0.29, 0.717) is 24.6 Å². The van der Waals surface area contributed by atoms with Crippen LogP contribution in [0.4, 0.5) is 5.82 Å². The lowest BCUT2D eigenvalue weighted by atomic mass is 10.2. The molecule has 1 aliphatic rings. The molecule has 2 aromatic heterocycles. The van der Waals surface area contributed by atoms with Crippen LogP contribution < -0.4 is 4.90 Å². The summed E-state index contributed by atoms with van der Waals surface area (Å²) in [7, 11) is 0. The number of piperazine rings is 1. The Bertz CT molecular complexity index is 1170. The number of nitrogens with zero attached hydrogens (tertiary/aromatic N) is 6. The molecule has 1 saturated heterocycles. The van der Waals surface area contributed by atoms with Gasteiger partial charge in [-0.05, 0) is 24.3 Å². The molecule has 1 aliphatic heterocycles. The molecule has 31 heavy (non-hydrogen) atoms. The minimum absolute atomic E-state index is 0.0398. The van der Waals surface area contributed by atoms with Gasteiger partial charge in [0.25, 0.3) is 5.91 Å². The Hall–Kier alpha value is -4.00. The Morgan fingerprint density at radius 2 is 1.52 bits per heavy atom. The minimum atomic E-state index is -0.0398. The summed E-state index contributed by atoms with van der Waals surface area (Å²) in [6, 6.07) is 23.4. The second-order valence-corrected chi connectivity index (χ2v) is 7.36. The predicted molar refractivity (Wildman–Crippen MR) is 119 cm³/mol. The zero-order valence-corrected chi connectivity index (χ0v) is 17.0. The first-order valence-electron chi connectivity index (χ1n) is 10.3. The Balaban J connectivity index is 1.25. The van der Waals surface area contributed by atoms with Crippen LogP contribution in [0.15, 0.2) is 85.2 Å². The quantitative estimate of drug-likeness (QED) is 0.517. The Kier molecular flexibility index (Phi) is 5.14. The molecule has 0 saturated carbocycles. The topological polar surface area (TPSA) is 67.2 Å². The van der Waals surface area contributed by atoms with E-state index in [4.69, 9.17) is 4.98 Å². The molecule has 0 N–H and O–H groups in total. The number of carbonyl (C=O) groups is 1. The van der Waals surface area contributed by atoms with Crippen LogP contribution in [0.25, 0.3) is 17.1 Å². The average Bonchev–Trinajstić information content (AvgIpc) is 3.35. The largest absolute Gasteiger partial charge is 0.353 e. The maximum absolute atomic E-state index is 12.9. The van der Waals surface area contributed by atoms with Crippen LogP contribution in [0.2, 0.25) is 0 Å². The zero-order chi connectivity index (χ0) is 21.0. The van der Waals surface area contributed by atoms with Crippen LogP contribution in [-0.4, -0.2) is 56.7 Å². The van der Waals surface area contributed by atoms with Crippen LogP contribution >= 0.6 is 0 Å². The lowest BCUT2D eigenvalue weighted by Gasteiger charge is -2.35. The van der Waals surface area contributed by atoms with Crippen molar-refractivity contribution in [1.82, 2.24) is 24.6 Å². The second kappa shape index (κ2) is 8.39. The van der Waals surface area contributed by atoms with Gasteiger partial charge < -0.3 is 9.80 Å². The van der Waals surface area contributed by atoms with E-state index in [9.17, 15) is 4.79 Å². The fourth-order valence-corrected chi connectivity index (χ4v) is 3.71. The molecule has 0 spiro atoms. The highest BCUT2D eigenvalue weighted by Crippen LogP contribution is 2.20. The first kappa shape index (κ1) is 19.0. The van der Waals surface area contributed by atoms with Gasteiger partial charge in [-0.1, -0.05) is 48.5 Å². The summed E-state index contributed by atoms with van der Waals surface area (Å²) in [4.78, 5) is 26.1. The van der Waals surface area contributed by atoms with Gasteiger partial charge in [0.2, 0.25) is 0 Å². The number of hydrogen-bond donors (Lipinski definition) is 0. The number of anilines is 1. The van der Waals surface area contributed by atoms with Gasteiger partial charge in [0.05, 0.1) is 5.69 Å². The summed E-state index contributed by atoms with van der Waals surface area (Å²) >= 11 is 0. The van der Waals surface area contributed by atoms with Crippen molar-refractivity contribution >= 4 is 11.7 Å². The minimum Gasteiger partial charge on any atom is -0.353 e. The van der Waals surface area contributed by atoms with E-state index in [1.165, 1.54) is 0 Å². The summed E-state index contributed by atoms with van der Waals surface area (Å²) in [6.07, 6.45) is 3.61. The molecular weight excluding hydrogens is 388 g/mol. The first-order chi connectivity index (χ1) is 15.3. The number of aromatic nitrogens is 4. The Morgan fingerprint density at radius 3 is 2.26 bits per heavy atom. The molecule has 154 valence electrons. The van der Waals surface area contributed by atoms with Crippen molar-refractivity contribution in [3.63, 3.8) is 0 Å². The molecule has 0 atom stereocenters. The predicted octanol–water partition coefficient (Wildman–Crippen LogP) is 3.29. The molecule has 0 bridgehead atoms. The molecule has 7 nitrogen and oxygen atoms in total. The highest BCUT2D eigenvalue weighted by Gasteiger charge is 2.24. The Morgan fingerprint density at radius 1 is 0.806 bits per heavy atom. The molecule has 2 aromatic carbocycles. The number of benzene rings is 2. The lowest BCUT2D eigenvalue weighted by molar-refractivity contribution is 0.0740. The molecule has 1 amide bonds. The van der Waals surface area contributed by atoms with E-state index in [1.807, 2.05) is 77.8 Å². The van der Waals surface area contributed by atoms with Crippen LogP contribution in [-0.2, 0) is 0 Å². The van der Waals surface area contributed by atoms with Gasteiger partial charge in [-0.3, -0.25) is 4.79 Å². The van der Waals surface area contributed by atoms with Crippen LogP contribution in [0.5, 0.6) is 0 Å². The van der Waals surface area contributed by atoms with Gasteiger partial charge in [-0.2, -0.15) is 5.10 Å². The van der Waals surface area contributed by atoms with Gasteiger partial charge in [-0.15, -0.1) is 0 Å². The number of carbonyl (C=O) groups excluding carboxylic acids is 1. The van der Waals surface area contributed by atoms with E-state index in [-0.39, 0.29) is 5.91 Å². The summed E-state index contributed by atoms with van der Waals surface area (Å²) in [5.74, 6) is 1.55. The fraction of sp³-hybridized carbons (Fsp3) is 0.167. The summed E-state index contributed by atoms with van der Waals surface area (Å²) in [5.41, 5.74) is 2.39. The molecule has 5 rings (SSSR count). The molecule has 0 radical (unpaired) electrons. The number of rotatable bonds is 4. The van der Waals surface area contributed by atoms with Crippen molar-refractivity contribution in [3.8, 4) is 17.1 Å². The van der Waals surface area contributed by atoms with Crippen molar-refractivity contribution in [2.75, 3.05) is 31.1 Å². The lowest BCUT2D eigenvalue weighted by Crippen LogP contribution is -2.49. The van der Waals surface area contributed by atoms with E-state index < -0.39 is 0 Å². The normalized spacial score (nSPS) is 13.9. The van der Waals surface area contributed by atoms with Gasteiger partial charge in [0, 0.05) is 44.1 Å². The second-order valence-electron chi connectivity index (χ2n) is 7.36. The monoisotopic (exact) mass is 410 g/mol. The SMILES string of the molecule is O=C(c1ccn(-c2ccccc2)n1)N1CCN(c2ccnc(-c3ccccc3)n2)CC1. The molecule has 1 fully saturated rings. The maximum atomic E-state index is 12.9. The van der Waals surface area contributed by atoms with Gasteiger partial charge in [-0.25, -0.2) is 14.6 Å². The molecular formula is C24H22N6O. The third kappa shape index (κ3) is 4.02. The fourth-order valence-electron chi connectivity index (χ4n) is 3.71. The van der Waals surface area contributed by atoms with Crippen molar-refractivity contribution in [2.45, 2.75) is 0 Å². The number of para-hydroxylation sites is 1. The first-order valence-corrected chi connectivity index (χ1v) is 10.3. The van der Waals surface area contributed by atoms with E-state index in [0.717, 1.165) is 30.2 Å². The smallest absolute Gasteiger partial charge is 0.274 e. The van der Waals surface area contributed by atoms with Gasteiger partial charge in [0.1, 0.15) is 5.82 Å². The third-order valence-corrected chi connectivity index (χ3v) is 5.39. The summed E-state index contributed by atoms with van der Waals surface area (Å²) in [5, 5.41) is 4.47. The van der Waals surface area contributed by atoms with Crippen molar-refractivity contribution in [1.29, 1.82) is 0 Å². The third-order valence-electron chi connectivity index (χ3n) is 5.39. The highest BCUT2D eigenvalue weighted by atomic mass is 16.2. The maximum Gasteiger partial charge on any atom is 0.274 e. The van der Waals surface area contributed by atoms with Crippen molar-refractivity contribution in [2.24, 2.45) is 0 Å². The standard InChI is InChI=1S/C24H22N6O/c31-24(21-12-14-30(27-21)20-9-5-2-6-10-20)29-17-15-28(16-18-29)22-11-13-25-23(26-22)19-7-3-1-4-8-19/h1-14H,15-18H2. The van der Waals surface area contributed by atoms with Crippen molar-refractivity contribution in [3.05, 3.63) is 90.9 Å². The van der Waals surface area contributed by atoms with Crippen LogP contribution in [0.1, 0.15) is 10.5 Å². The van der Waals surface area contributed by atoms with Crippen LogP contribution in [0, 0.1) is 0 Å². The number of amides is 1. The average molecular weight is 410 g/mol. The van der Waals surface area contributed by atoms with Crippen LogP contribution in [0.3, 0.4) is 0 Å². The zero-order valence-electron chi connectivity index (χ0n) is 17.0. The summed E-state index contributed by atoms with van der Waals surface area (Å²) < 4.78 is 1.73. The van der Waals surface area contributed by atoms with Gasteiger partial charge in [0.15, 0.2) is 11.5 Å². The van der Waals surface area contributed by atoms with E-state index >= 15 is 0 Å².